The number of hydrogen-bond acceptors (Lipinski definition) is 5. The molecule has 2 heterocycles. The molecule has 7 heteroatoms. The maximum atomic E-state index is 13.7. The average Bonchev–Trinajstić information content (AvgIpc) is 3.20. The zero-order valence-electron chi connectivity index (χ0n) is 21.4. The van der Waals surface area contributed by atoms with E-state index < -0.39 is 0 Å². The van der Waals surface area contributed by atoms with Crippen LogP contribution < -0.4 is 4.74 Å². The summed E-state index contributed by atoms with van der Waals surface area (Å²) in [7, 11) is 1.83. The van der Waals surface area contributed by atoms with Crippen molar-refractivity contribution in [3.8, 4) is 5.75 Å². The number of para-hydroxylation sites is 1. The highest BCUT2D eigenvalue weighted by atomic mass is 16.5. The molecule has 3 aromatic rings. The molecule has 0 radical (unpaired) electrons. The van der Waals surface area contributed by atoms with E-state index >= 15 is 0 Å². The Kier molecular flexibility index (Phi) is 8.41. The van der Waals surface area contributed by atoms with Crippen LogP contribution >= 0.6 is 0 Å². The number of carbonyl (C=O) groups is 2. The van der Waals surface area contributed by atoms with Crippen LogP contribution in [0.15, 0.2) is 59.1 Å². The predicted molar refractivity (Wildman–Crippen MR) is 138 cm³/mol. The van der Waals surface area contributed by atoms with Gasteiger partial charge in [0.2, 0.25) is 5.91 Å². The van der Waals surface area contributed by atoms with Gasteiger partial charge < -0.3 is 19.1 Å². The van der Waals surface area contributed by atoms with E-state index in [0.29, 0.717) is 36.6 Å². The van der Waals surface area contributed by atoms with Crippen molar-refractivity contribution in [2.45, 2.75) is 52.0 Å². The Morgan fingerprint density at radius 1 is 1.00 bits per heavy atom. The first-order valence-corrected chi connectivity index (χ1v) is 12.7. The fourth-order valence-corrected chi connectivity index (χ4v) is 4.73. The third-order valence-electron chi connectivity index (χ3n) is 6.87. The minimum atomic E-state index is -0.193. The van der Waals surface area contributed by atoms with E-state index in [2.05, 4.69) is 17.3 Å². The largest absolute Gasteiger partial charge is 0.491 e. The van der Waals surface area contributed by atoms with Gasteiger partial charge in [-0.15, -0.1) is 0 Å². The normalized spacial score (nSPS) is 17.4. The number of benzene rings is 2. The molecule has 1 atom stereocenters. The third kappa shape index (κ3) is 6.14. The standard InChI is InChI=1S/C29H35N3O4/c1-21-26(22(2)36-30-21)19-28(33)32-17-11-5-10-16-31(3)29(34)25-14-8-9-15-27(25)35-20-24(32)18-23-12-6-4-7-13-23/h4,6-9,12-15,24H,5,10-11,16-20H2,1-3H3/t24-/m0/s1. The molecule has 0 spiro atoms. The Hall–Kier alpha value is -3.61. The topological polar surface area (TPSA) is 75.9 Å². The van der Waals surface area contributed by atoms with Gasteiger partial charge in [-0.25, -0.2) is 0 Å². The molecule has 1 aliphatic heterocycles. The van der Waals surface area contributed by atoms with Crippen LogP contribution in [0.4, 0.5) is 0 Å². The molecule has 1 aliphatic rings. The lowest BCUT2D eigenvalue weighted by Gasteiger charge is -2.32. The molecule has 4 rings (SSSR count). The molecule has 0 unspecified atom stereocenters. The summed E-state index contributed by atoms with van der Waals surface area (Å²) in [4.78, 5) is 30.6. The maximum Gasteiger partial charge on any atom is 0.257 e. The molecule has 0 saturated carbocycles. The molecular formula is C29H35N3O4. The van der Waals surface area contributed by atoms with E-state index in [-0.39, 0.29) is 30.9 Å². The summed E-state index contributed by atoms with van der Waals surface area (Å²) in [6.07, 6.45) is 3.55. The van der Waals surface area contributed by atoms with Gasteiger partial charge in [0.15, 0.2) is 0 Å². The van der Waals surface area contributed by atoms with Crippen molar-refractivity contribution in [2.24, 2.45) is 0 Å². The van der Waals surface area contributed by atoms with Crippen molar-refractivity contribution < 1.29 is 18.8 Å². The van der Waals surface area contributed by atoms with E-state index in [1.54, 1.807) is 11.0 Å². The smallest absolute Gasteiger partial charge is 0.257 e. The van der Waals surface area contributed by atoms with Crippen molar-refractivity contribution in [1.82, 2.24) is 15.0 Å². The molecule has 7 nitrogen and oxygen atoms in total. The SMILES string of the molecule is Cc1noc(C)c1CC(=O)N1CCCCCN(C)C(=O)c2ccccc2OC[C@@H]1Cc1ccccc1. The number of carbonyl (C=O) groups excluding carboxylic acids is 2. The number of fused-ring (bicyclic) bond motifs is 1. The van der Waals surface area contributed by atoms with E-state index in [1.807, 2.05) is 62.2 Å². The first-order chi connectivity index (χ1) is 17.4. The number of aromatic nitrogens is 1. The van der Waals surface area contributed by atoms with Gasteiger partial charge >= 0.3 is 0 Å². The fraction of sp³-hybridized carbons (Fsp3) is 0.414. The fourth-order valence-electron chi connectivity index (χ4n) is 4.73. The molecule has 0 saturated heterocycles. The van der Waals surface area contributed by atoms with Crippen molar-refractivity contribution >= 4 is 11.8 Å². The van der Waals surface area contributed by atoms with Crippen LogP contribution in [-0.4, -0.2) is 59.6 Å². The van der Waals surface area contributed by atoms with Crippen LogP contribution in [0.5, 0.6) is 5.75 Å². The van der Waals surface area contributed by atoms with Gasteiger partial charge in [-0.1, -0.05) is 47.6 Å². The number of rotatable bonds is 4. The van der Waals surface area contributed by atoms with Crippen LogP contribution in [0.25, 0.3) is 0 Å². The molecule has 0 aliphatic carbocycles. The Morgan fingerprint density at radius 2 is 1.72 bits per heavy atom. The van der Waals surface area contributed by atoms with E-state index in [4.69, 9.17) is 9.26 Å². The lowest BCUT2D eigenvalue weighted by atomic mass is 10.0. The summed E-state index contributed by atoms with van der Waals surface area (Å²) in [5.74, 6) is 1.21. The number of aryl methyl sites for hydroxylation is 2. The zero-order chi connectivity index (χ0) is 25.5. The molecule has 0 fully saturated rings. The monoisotopic (exact) mass is 489 g/mol. The predicted octanol–water partition coefficient (Wildman–Crippen LogP) is 4.61. The molecule has 0 bridgehead atoms. The summed E-state index contributed by atoms with van der Waals surface area (Å²) in [6.45, 7) is 5.29. The number of amides is 2. The number of nitrogens with zero attached hydrogens (tertiary/aromatic N) is 3. The van der Waals surface area contributed by atoms with Crippen LogP contribution in [-0.2, 0) is 17.6 Å². The summed E-state index contributed by atoms with van der Waals surface area (Å²) in [6, 6.07) is 17.3. The number of ether oxygens (including phenoxy) is 1. The third-order valence-corrected chi connectivity index (χ3v) is 6.87. The minimum absolute atomic E-state index is 0.0327. The minimum Gasteiger partial charge on any atom is -0.491 e. The van der Waals surface area contributed by atoms with Gasteiger partial charge in [-0.3, -0.25) is 9.59 Å². The Morgan fingerprint density at radius 3 is 2.47 bits per heavy atom. The molecule has 190 valence electrons. The van der Waals surface area contributed by atoms with Gasteiger partial charge in [0.1, 0.15) is 18.1 Å². The second-order valence-corrected chi connectivity index (χ2v) is 9.50. The highest BCUT2D eigenvalue weighted by Gasteiger charge is 2.28. The quantitative estimate of drug-likeness (QED) is 0.535. The summed E-state index contributed by atoms with van der Waals surface area (Å²) in [5.41, 5.74) is 3.28. The lowest BCUT2D eigenvalue weighted by Crippen LogP contribution is -2.46. The van der Waals surface area contributed by atoms with Gasteiger partial charge in [0, 0.05) is 25.7 Å². The van der Waals surface area contributed by atoms with Gasteiger partial charge in [0.05, 0.1) is 23.7 Å². The van der Waals surface area contributed by atoms with Crippen LogP contribution in [0.3, 0.4) is 0 Å². The van der Waals surface area contributed by atoms with Gasteiger partial charge in [0.25, 0.3) is 5.91 Å². The van der Waals surface area contributed by atoms with Crippen LogP contribution in [0.2, 0.25) is 0 Å². The zero-order valence-corrected chi connectivity index (χ0v) is 21.4. The first-order valence-electron chi connectivity index (χ1n) is 12.7. The van der Waals surface area contributed by atoms with E-state index in [1.165, 1.54) is 0 Å². The van der Waals surface area contributed by atoms with Crippen molar-refractivity contribution in [2.75, 3.05) is 26.7 Å². The Balaban J connectivity index is 1.66. The molecular weight excluding hydrogens is 454 g/mol. The first kappa shape index (κ1) is 25.5. The molecule has 36 heavy (non-hydrogen) atoms. The van der Waals surface area contributed by atoms with E-state index in [0.717, 1.165) is 36.1 Å². The Bertz CT molecular complexity index is 1150. The van der Waals surface area contributed by atoms with Crippen molar-refractivity contribution in [3.05, 3.63) is 82.7 Å². The van der Waals surface area contributed by atoms with Crippen molar-refractivity contribution in [3.63, 3.8) is 0 Å². The second kappa shape index (κ2) is 11.9. The summed E-state index contributed by atoms with van der Waals surface area (Å²) in [5, 5.41) is 4.03. The average molecular weight is 490 g/mol. The van der Waals surface area contributed by atoms with Gasteiger partial charge in [-0.05, 0) is 57.2 Å². The molecule has 1 aromatic heterocycles. The lowest BCUT2D eigenvalue weighted by molar-refractivity contribution is -0.133. The molecule has 2 aromatic carbocycles. The highest BCUT2D eigenvalue weighted by Crippen LogP contribution is 2.23. The summed E-state index contributed by atoms with van der Waals surface area (Å²) >= 11 is 0. The second-order valence-electron chi connectivity index (χ2n) is 9.50. The van der Waals surface area contributed by atoms with Crippen LogP contribution in [0, 0.1) is 13.8 Å². The van der Waals surface area contributed by atoms with Crippen LogP contribution in [0.1, 0.15) is 52.2 Å². The highest BCUT2D eigenvalue weighted by molar-refractivity contribution is 5.96. The Labute approximate surface area is 213 Å². The number of hydrogen-bond donors (Lipinski definition) is 0. The van der Waals surface area contributed by atoms with E-state index in [9.17, 15) is 9.59 Å². The van der Waals surface area contributed by atoms with Crippen molar-refractivity contribution in [1.29, 1.82) is 0 Å². The van der Waals surface area contributed by atoms with Gasteiger partial charge in [-0.2, -0.15) is 0 Å². The molecule has 2 amide bonds. The molecule has 0 N–H and O–H groups in total. The maximum absolute atomic E-state index is 13.7. The summed E-state index contributed by atoms with van der Waals surface area (Å²) < 4.78 is 11.6.